The summed E-state index contributed by atoms with van der Waals surface area (Å²) in [6.07, 6.45) is 4.41. The summed E-state index contributed by atoms with van der Waals surface area (Å²) in [5.41, 5.74) is 5.72. The van der Waals surface area contributed by atoms with E-state index in [1.54, 1.807) is 5.01 Å². The SMILES string of the molecule is Cc1ccc(C2=NN(C(=O)CN3CCCCC3)C(c3ccc(C)cc3)C2)cc1. The maximum atomic E-state index is 13.2. The van der Waals surface area contributed by atoms with Crippen molar-refractivity contribution in [2.45, 2.75) is 45.6 Å². The Morgan fingerprint density at radius 3 is 2.18 bits per heavy atom. The first kappa shape index (κ1) is 18.9. The highest BCUT2D eigenvalue weighted by atomic mass is 16.2. The molecule has 146 valence electrons. The Balaban J connectivity index is 1.59. The molecule has 4 nitrogen and oxygen atoms in total. The Labute approximate surface area is 167 Å². The third-order valence-electron chi connectivity index (χ3n) is 5.82. The molecule has 0 spiro atoms. The molecule has 28 heavy (non-hydrogen) atoms. The molecule has 2 heterocycles. The van der Waals surface area contributed by atoms with Crippen molar-refractivity contribution < 1.29 is 4.79 Å². The molecule has 1 saturated heterocycles. The topological polar surface area (TPSA) is 35.9 Å². The van der Waals surface area contributed by atoms with E-state index in [0.717, 1.165) is 36.3 Å². The fourth-order valence-corrected chi connectivity index (χ4v) is 4.09. The van der Waals surface area contributed by atoms with E-state index in [0.29, 0.717) is 6.54 Å². The summed E-state index contributed by atoms with van der Waals surface area (Å²) in [5, 5.41) is 6.55. The number of carbonyl (C=O) groups is 1. The maximum Gasteiger partial charge on any atom is 0.257 e. The molecule has 4 rings (SSSR count). The summed E-state index contributed by atoms with van der Waals surface area (Å²) in [6.45, 7) is 6.68. The van der Waals surface area contributed by atoms with Gasteiger partial charge in [-0.3, -0.25) is 9.69 Å². The van der Waals surface area contributed by atoms with Crippen molar-refractivity contribution in [3.05, 3.63) is 70.8 Å². The zero-order chi connectivity index (χ0) is 19.5. The highest BCUT2D eigenvalue weighted by Crippen LogP contribution is 2.33. The van der Waals surface area contributed by atoms with Crippen LogP contribution in [0.3, 0.4) is 0 Å². The number of amides is 1. The highest BCUT2D eigenvalue weighted by molar-refractivity contribution is 6.03. The molecular weight excluding hydrogens is 346 g/mol. The van der Waals surface area contributed by atoms with E-state index in [9.17, 15) is 4.79 Å². The average molecular weight is 376 g/mol. The van der Waals surface area contributed by atoms with Crippen LogP contribution in [-0.4, -0.2) is 41.2 Å². The fourth-order valence-electron chi connectivity index (χ4n) is 4.09. The largest absolute Gasteiger partial charge is 0.294 e. The molecule has 1 amide bonds. The number of piperidine rings is 1. The number of nitrogens with zero attached hydrogens (tertiary/aromatic N) is 3. The van der Waals surface area contributed by atoms with Crippen molar-refractivity contribution in [3.8, 4) is 0 Å². The predicted molar refractivity (Wildman–Crippen MR) is 113 cm³/mol. The monoisotopic (exact) mass is 375 g/mol. The van der Waals surface area contributed by atoms with Crippen molar-refractivity contribution in [2.75, 3.05) is 19.6 Å². The molecular formula is C24H29N3O. The van der Waals surface area contributed by atoms with Crippen molar-refractivity contribution in [1.82, 2.24) is 9.91 Å². The smallest absolute Gasteiger partial charge is 0.257 e. The molecule has 0 saturated carbocycles. The van der Waals surface area contributed by atoms with Crippen LogP contribution in [0.2, 0.25) is 0 Å². The number of benzene rings is 2. The summed E-state index contributed by atoms with van der Waals surface area (Å²) in [5.74, 6) is 0.106. The van der Waals surface area contributed by atoms with Crippen LogP contribution in [0.1, 0.15) is 54.0 Å². The molecule has 1 atom stereocenters. The van der Waals surface area contributed by atoms with Crippen molar-refractivity contribution in [1.29, 1.82) is 0 Å². The van der Waals surface area contributed by atoms with Gasteiger partial charge in [0.15, 0.2) is 0 Å². The van der Waals surface area contributed by atoms with Gasteiger partial charge in [-0.1, -0.05) is 66.1 Å². The third-order valence-corrected chi connectivity index (χ3v) is 5.82. The van der Waals surface area contributed by atoms with Crippen LogP contribution in [0.5, 0.6) is 0 Å². The van der Waals surface area contributed by atoms with E-state index < -0.39 is 0 Å². The summed E-state index contributed by atoms with van der Waals surface area (Å²) in [6, 6.07) is 16.9. The molecule has 0 bridgehead atoms. The van der Waals surface area contributed by atoms with Crippen LogP contribution in [0.4, 0.5) is 0 Å². The summed E-state index contributed by atoms with van der Waals surface area (Å²) >= 11 is 0. The standard InChI is InChI=1S/C24H29N3O/c1-18-6-10-20(11-7-18)22-16-23(21-12-8-19(2)9-13-21)27(25-22)24(28)17-26-14-4-3-5-15-26/h6-13,23H,3-5,14-17H2,1-2H3. The quantitative estimate of drug-likeness (QED) is 0.791. The lowest BCUT2D eigenvalue weighted by molar-refractivity contribution is -0.134. The minimum absolute atomic E-state index is 0.0193. The van der Waals surface area contributed by atoms with Crippen LogP contribution in [0, 0.1) is 13.8 Å². The molecule has 0 aromatic heterocycles. The van der Waals surface area contributed by atoms with Crippen LogP contribution in [0.15, 0.2) is 53.6 Å². The second-order valence-corrected chi connectivity index (χ2v) is 8.12. The minimum atomic E-state index is -0.0193. The number of aryl methyl sites for hydroxylation is 2. The zero-order valence-corrected chi connectivity index (χ0v) is 16.9. The minimum Gasteiger partial charge on any atom is -0.294 e. The summed E-state index contributed by atoms with van der Waals surface area (Å²) in [4.78, 5) is 15.4. The lowest BCUT2D eigenvalue weighted by Crippen LogP contribution is -2.40. The first-order chi connectivity index (χ1) is 13.6. The van der Waals surface area contributed by atoms with Gasteiger partial charge in [0.1, 0.15) is 0 Å². The van der Waals surface area contributed by atoms with E-state index in [4.69, 9.17) is 5.10 Å². The number of hydrazone groups is 1. The molecule has 1 fully saturated rings. The van der Waals surface area contributed by atoms with Crippen LogP contribution >= 0.6 is 0 Å². The predicted octanol–water partition coefficient (Wildman–Crippen LogP) is 4.47. The fraction of sp³-hybridized carbons (Fsp3) is 0.417. The zero-order valence-electron chi connectivity index (χ0n) is 16.9. The molecule has 2 aliphatic rings. The van der Waals surface area contributed by atoms with Crippen molar-refractivity contribution >= 4 is 11.6 Å². The van der Waals surface area contributed by atoms with E-state index in [1.807, 2.05) is 0 Å². The second-order valence-electron chi connectivity index (χ2n) is 8.12. The van der Waals surface area contributed by atoms with E-state index in [-0.39, 0.29) is 11.9 Å². The van der Waals surface area contributed by atoms with Gasteiger partial charge < -0.3 is 0 Å². The number of hydrogen-bond donors (Lipinski definition) is 0. The Morgan fingerprint density at radius 2 is 1.54 bits per heavy atom. The highest BCUT2D eigenvalue weighted by Gasteiger charge is 2.33. The van der Waals surface area contributed by atoms with Gasteiger partial charge >= 0.3 is 0 Å². The first-order valence-corrected chi connectivity index (χ1v) is 10.4. The number of rotatable bonds is 4. The van der Waals surface area contributed by atoms with Gasteiger partial charge in [0.05, 0.1) is 18.3 Å². The van der Waals surface area contributed by atoms with Crippen LogP contribution in [-0.2, 0) is 4.79 Å². The van der Waals surface area contributed by atoms with Gasteiger partial charge in [0, 0.05) is 6.42 Å². The number of likely N-dealkylation sites (tertiary alicyclic amines) is 1. The average Bonchev–Trinajstić information content (AvgIpc) is 3.15. The van der Waals surface area contributed by atoms with Gasteiger partial charge in [-0.25, -0.2) is 5.01 Å². The van der Waals surface area contributed by atoms with Gasteiger partial charge in [0.25, 0.3) is 5.91 Å². The van der Waals surface area contributed by atoms with E-state index in [2.05, 4.69) is 67.3 Å². The van der Waals surface area contributed by atoms with Gasteiger partial charge in [0.2, 0.25) is 0 Å². The van der Waals surface area contributed by atoms with Gasteiger partial charge in [-0.15, -0.1) is 0 Å². The van der Waals surface area contributed by atoms with Crippen LogP contribution in [0.25, 0.3) is 0 Å². The second kappa shape index (κ2) is 8.27. The Hall–Kier alpha value is -2.46. The van der Waals surface area contributed by atoms with Crippen molar-refractivity contribution in [3.63, 3.8) is 0 Å². The lowest BCUT2D eigenvalue weighted by atomic mass is 9.97. The third kappa shape index (κ3) is 4.17. The maximum absolute atomic E-state index is 13.2. The molecule has 2 aromatic carbocycles. The Bertz CT molecular complexity index is 848. The van der Waals surface area contributed by atoms with Crippen LogP contribution < -0.4 is 0 Å². The molecule has 2 aliphatic heterocycles. The van der Waals surface area contributed by atoms with Gasteiger partial charge in [-0.05, 0) is 50.9 Å². The van der Waals surface area contributed by atoms with Gasteiger partial charge in [-0.2, -0.15) is 5.10 Å². The normalized spacial score (nSPS) is 20.3. The van der Waals surface area contributed by atoms with Crippen molar-refractivity contribution in [2.24, 2.45) is 5.10 Å². The molecule has 0 aliphatic carbocycles. The Kier molecular flexibility index (Phi) is 5.58. The molecule has 2 aromatic rings. The summed E-state index contributed by atoms with van der Waals surface area (Å²) < 4.78 is 0. The molecule has 0 N–H and O–H groups in total. The Morgan fingerprint density at radius 1 is 0.929 bits per heavy atom. The molecule has 0 radical (unpaired) electrons. The first-order valence-electron chi connectivity index (χ1n) is 10.4. The molecule has 4 heteroatoms. The molecule has 1 unspecified atom stereocenters. The number of hydrogen-bond acceptors (Lipinski definition) is 3. The van der Waals surface area contributed by atoms with E-state index in [1.165, 1.54) is 30.4 Å². The number of carbonyl (C=O) groups excluding carboxylic acids is 1. The lowest BCUT2D eigenvalue weighted by Gasteiger charge is -2.29. The summed E-state index contributed by atoms with van der Waals surface area (Å²) in [7, 11) is 0. The van der Waals surface area contributed by atoms with E-state index >= 15 is 0 Å².